The molecule has 3 aromatic rings. The Bertz CT molecular complexity index is 1130. The molecular formula is C28H27FN2OS. The van der Waals surface area contributed by atoms with Crippen molar-refractivity contribution in [3.8, 4) is 6.07 Å². The van der Waals surface area contributed by atoms with Crippen LogP contribution in [-0.4, -0.2) is 29.6 Å². The zero-order valence-corrected chi connectivity index (χ0v) is 19.3. The first-order chi connectivity index (χ1) is 16.0. The molecule has 0 amide bonds. The van der Waals surface area contributed by atoms with Crippen LogP contribution in [0.5, 0.6) is 0 Å². The molecule has 33 heavy (non-hydrogen) atoms. The van der Waals surface area contributed by atoms with E-state index in [0.717, 1.165) is 42.1 Å². The molecule has 3 aromatic carbocycles. The third-order valence-corrected chi connectivity index (χ3v) is 8.39. The van der Waals surface area contributed by atoms with Crippen LogP contribution in [0.4, 0.5) is 4.39 Å². The third-order valence-electron chi connectivity index (χ3n) is 7.27. The number of aliphatic hydroxyl groups is 1. The number of nitrogens with zero attached hydrogens (tertiary/aromatic N) is 2. The molecule has 1 atom stereocenters. The number of likely N-dealkylation sites (tertiary alicyclic amines) is 1. The first-order valence-electron chi connectivity index (χ1n) is 11.5. The number of halogens is 1. The molecule has 0 aromatic heterocycles. The van der Waals surface area contributed by atoms with Gasteiger partial charge in [-0.1, -0.05) is 54.6 Å². The normalized spacial score (nSPS) is 22.0. The van der Waals surface area contributed by atoms with Gasteiger partial charge in [-0.25, -0.2) is 4.39 Å². The van der Waals surface area contributed by atoms with Crippen molar-refractivity contribution >= 4 is 11.8 Å². The molecule has 3 nitrogen and oxygen atoms in total. The van der Waals surface area contributed by atoms with Crippen molar-refractivity contribution in [2.75, 3.05) is 19.6 Å². The quantitative estimate of drug-likeness (QED) is 0.552. The van der Waals surface area contributed by atoms with Gasteiger partial charge < -0.3 is 10.0 Å². The molecule has 2 heterocycles. The maximum Gasteiger partial charge on any atom is 0.123 e. The summed E-state index contributed by atoms with van der Waals surface area (Å²) in [6, 6.07) is 25.6. The fourth-order valence-electron chi connectivity index (χ4n) is 5.28. The highest BCUT2D eigenvalue weighted by Gasteiger charge is 2.41. The van der Waals surface area contributed by atoms with Crippen LogP contribution in [0.2, 0.25) is 0 Å². The van der Waals surface area contributed by atoms with Crippen molar-refractivity contribution < 1.29 is 9.50 Å². The van der Waals surface area contributed by atoms with Gasteiger partial charge in [-0.15, -0.1) is 11.8 Å². The second kappa shape index (κ2) is 8.95. The minimum absolute atomic E-state index is 0.288. The molecule has 168 valence electrons. The summed E-state index contributed by atoms with van der Waals surface area (Å²) in [6.07, 6.45) is 1.90. The number of hydrogen-bond donors (Lipinski definition) is 1. The SMILES string of the molecule is N#CC1(CCN2CCC(O)(c3ccc(F)cc3)CC2)c2ccccc2CSc2ccccc21. The lowest BCUT2D eigenvalue weighted by atomic mass is 9.71. The largest absolute Gasteiger partial charge is 0.385 e. The molecule has 2 aliphatic rings. The summed E-state index contributed by atoms with van der Waals surface area (Å²) in [5, 5.41) is 21.8. The van der Waals surface area contributed by atoms with E-state index in [-0.39, 0.29) is 5.82 Å². The molecule has 0 saturated carbocycles. The highest BCUT2D eigenvalue weighted by Crippen LogP contribution is 2.46. The van der Waals surface area contributed by atoms with Crippen LogP contribution in [0, 0.1) is 17.1 Å². The summed E-state index contributed by atoms with van der Waals surface area (Å²) in [7, 11) is 0. The predicted molar refractivity (Wildman–Crippen MR) is 129 cm³/mol. The Morgan fingerprint density at radius 3 is 2.33 bits per heavy atom. The van der Waals surface area contributed by atoms with E-state index in [1.54, 1.807) is 23.9 Å². The van der Waals surface area contributed by atoms with Crippen LogP contribution < -0.4 is 0 Å². The fraction of sp³-hybridized carbons (Fsp3) is 0.321. The number of benzene rings is 3. The van der Waals surface area contributed by atoms with Crippen LogP contribution in [0.25, 0.3) is 0 Å². The summed E-state index contributed by atoms with van der Waals surface area (Å²) in [5.41, 5.74) is 2.61. The average molecular weight is 459 g/mol. The number of nitriles is 1. The predicted octanol–water partition coefficient (Wildman–Crippen LogP) is 5.61. The van der Waals surface area contributed by atoms with Crippen LogP contribution in [0.1, 0.15) is 41.5 Å². The summed E-state index contributed by atoms with van der Waals surface area (Å²) >= 11 is 1.81. The number of piperidine rings is 1. The van der Waals surface area contributed by atoms with Crippen molar-refractivity contribution in [3.63, 3.8) is 0 Å². The molecule has 0 spiro atoms. The second-order valence-corrected chi connectivity index (χ2v) is 10.1. The molecule has 2 aliphatic heterocycles. The standard InChI is InChI=1S/C28H27FN2OS/c29-23-11-9-22(10-12-23)28(32)14-17-31(18-15-28)16-13-27(20-30)24-6-2-1-5-21(24)19-33-26-8-4-3-7-25(26)27/h1-12,32H,13-19H2. The van der Waals surface area contributed by atoms with Crippen molar-refractivity contribution in [1.29, 1.82) is 5.26 Å². The van der Waals surface area contributed by atoms with Gasteiger partial charge in [-0.2, -0.15) is 5.26 Å². The van der Waals surface area contributed by atoms with Crippen LogP contribution in [0.15, 0.2) is 77.7 Å². The summed E-state index contributed by atoms with van der Waals surface area (Å²) in [4.78, 5) is 3.53. The lowest BCUT2D eigenvalue weighted by Crippen LogP contribution is -2.44. The van der Waals surface area contributed by atoms with Gasteiger partial charge in [0.2, 0.25) is 0 Å². The molecule has 0 radical (unpaired) electrons. The summed E-state index contributed by atoms with van der Waals surface area (Å²) in [5.74, 6) is 0.578. The first kappa shape index (κ1) is 22.2. The maximum absolute atomic E-state index is 13.3. The van der Waals surface area contributed by atoms with E-state index in [1.165, 1.54) is 22.6 Å². The van der Waals surface area contributed by atoms with Gasteiger partial charge in [0.1, 0.15) is 11.2 Å². The number of fused-ring (bicyclic) bond motifs is 2. The molecule has 1 fully saturated rings. The van der Waals surface area contributed by atoms with E-state index in [2.05, 4.69) is 41.3 Å². The Hall–Kier alpha value is -2.65. The van der Waals surface area contributed by atoms with Gasteiger partial charge >= 0.3 is 0 Å². The van der Waals surface area contributed by atoms with E-state index in [9.17, 15) is 14.8 Å². The maximum atomic E-state index is 13.3. The topological polar surface area (TPSA) is 47.3 Å². The second-order valence-electron chi connectivity index (χ2n) is 9.09. The Labute approximate surface area is 198 Å². The minimum atomic E-state index is -0.921. The molecule has 0 aliphatic carbocycles. The monoisotopic (exact) mass is 458 g/mol. The van der Waals surface area contributed by atoms with E-state index < -0.39 is 11.0 Å². The van der Waals surface area contributed by atoms with E-state index in [4.69, 9.17) is 0 Å². The number of thioether (sulfide) groups is 1. The van der Waals surface area contributed by atoms with Crippen molar-refractivity contribution in [1.82, 2.24) is 4.90 Å². The number of rotatable bonds is 4. The van der Waals surface area contributed by atoms with Gasteiger partial charge in [0.15, 0.2) is 0 Å². The van der Waals surface area contributed by atoms with Crippen LogP contribution in [0.3, 0.4) is 0 Å². The van der Waals surface area contributed by atoms with Crippen molar-refractivity contribution in [3.05, 3.63) is 101 Å². The Morgan fingerprint density at radius 2 is 1.61 bits per heavy atom. The van der Waals surface area contributed by atoms with Crippen LogP contribution >= 0.6 is 11.8 Å². The molecule has 0 bridgehead atoms. The van der Waals surface area contributed by atoms with E-state index in [0.29, 0.717) is 19.3 Å². The van der Waals surface area contributed by atoms with E-state index >= 15 is 0 Å². The lowest BCUT2D eigenvalue weighted by Gasteiger charge is -2.40. The first-order valence-corrected chi connectivity index (χ1v) is 12.5. The molecule has 5 rings (SSSR count). The summed E-state index contributed by atoms with van der Waals surface area (Å²) in [6.45, 7) is 2.27. The molecular weight excluding hydrogens is 431 g/mol. The lowest BCUT2D eigenvalue weighted by molar-refractivity contribution is -0.0265. The molecule has 1 unspecified atom stereocenters. The molecule has 1 N–H and O–H groups in total. The average Bonchev–Trinajstić information content (AvgIpc) is 2.99. The Balaban J connectivity index is 1.37. The molecule has 1 saturated heterocycles. The van der Waals surface area contributed by atoms with Gasteiger partial charge in [-0.3, -0.25) is 0 Å². The van der Waals surface area contributed by atoms with Gasteiger partial charge in [-0.05, 0) is 59.7 Å². The minimum Gasteiger partial charge on any atom is -0.385 e. The van der Waals surface area contributed by atoms with Crippen LogP contribution in [-0.2, 0) is 16.8 Å². The van der Waals surface area contributed by atoms with Crippen molar-refractivity contribution in [2.24, 2.45) is 0 Å². The smallest absolute Gasteiger partial charge is 0.123 e. The number of hydrogen-bond acceptors (Lipinski definition) is 4. The van der Waals surface area contributed by atoms with Gasteiger partial charge in [0, 0.05) is 30.3 Å². The highest BCUT2D eigenvalue weighted by molar-refractivity contribution is 7.98. The Morgan fingerprint density at radius 1 is 0.939 bits per heavy atom. The van der Waals surface area contributed by atoms with Gasteiger partial charge in [0.05, 0.1) is 11.7 Å². The fourth-order valence-corrected chi connectivity index (χ4v) is 6.41. The zero-order chi connectivity index (χ0) is 22.9. The van der Waals surface area contributed by atoms with E-state index in [1.807, 2.05) is 18.2 Å². The summed E-state index contributed by atoms with van der Waals surface area (Å²) < 4.78 is 13.3. The molecule has 5 heteroatoms. The van der Waals surface area contributed by atoms with Crippen molar-refractivity contribution in [2.45, 2.75) is 40.9 Å². The van der Waals surface area contributed by atoms with Gasteiger partial charge in [0.25, 0.3) is 0 Å². The Kier molecular flexibility index (Phi) is 6.01. The third kappa shape index (κ3) is 4.08. The zero-order valence-electron chi connectivity index (χ0n) is 18.5. The highest BCUT2D eigenvalue weighted by atomic mass is 32.2.